The number of aryl methyl sites for hydroxylation is 1. The Labute approximate surface area is 168 Å². The van der Waals surface area contributed by atoms with E-state index in [1.807, 2.05) is 6.07 Å². The number of benzene rings is 1. The van der Waals surface area contributed by atoms with Crippen molar-refractivity contribution in [3.63, 3.8) is 0 Å². The molecule has 0 aliphatic rings. The van der Waals surface area contributed by atoms with Crippen LogP contribution in [0.3, 0.4) is 0 Å². The second kappa shape index (κ2) is 9.22. The van der Waals surface area contributed by atoms with Crippen LogP contribution in [0.2, 0.25) is 0 Å². The zero-order chi connectivity index (χ0) is 17.7. The Balaban J connectivity index is 0.00000312. The van der Waals surface area contributed by atoms with Gasteiger partial charge in [0, 0.05) is 30.4 Å². The molecule has 1 heterocycles. The molecule has 0 spiro atoms. The van der Waals surface area contributed by atoms with Gasteiger partial charge in [-0.15, -0.1) is 24.0 Å². The third-order valence-electron chi connectivity index (χ3n) is 3.86. The third kappa shape index (κ3) is 6.34. The van der Waals surface area contributed by atoms with Crippen LogP contribution in [0, 0.1) is 13.8 Å². The number of guanidine groups is 1. The fourth-order valence-corrected chi connectivity index (χ4v) is 2.61. The van der Waals surface area contributed by atoms with Crippen molar-refractivity contribution in [2.75, 3.05) is 7.05 Å². The Bertz CT molecular complexity index is 699. The van der Waals surface area contributed by atoms with E-state index in [1.54, 1.807) is 7.05 Å². The average Bonchev–Trinajstić information content (AvgIpc) is 2.78. The molecule has 0 saturated heterocycles. The maximum atomic E-state index is 4.70. The van der Waals surface area contributed by atoms with Gasteiger partial charge in [0.05, 0.1) is 12.2 Å². The maximum Gasteiger partial charge on any atom is 0.191 e. The summed E-state index contributed by atoms with van der Waals surface area (Å²) < 4.78 is 2.07. The Kier molecular flexibility index (Phi) is 7.92. The fourth-order valence-electron chi connectivity index (χ4n) is 2.61. The van der Waals surface area contributed by atoms with Gasteiger partial charge in [-0.3, -0.25) is 9.67 Å². The van der Waals surface area contributed by atoms with Crippen molar-refractivity contribution in [1.29, 1.82) is 0 Å². The zero-order valence-electron chi connectivity index (χ0n) is 16.1. The molecule has 0 bridgehead atoms. The molecular formula is C19H30IN5. The molecule has 2 aromatic rings. The molecule has 0 radical (unpaired) electrons. The van der Waals surface area contributed by atoms with E-state index in [0.29, 0.717) is 6.54 Å². The van der Waals surface area contributed by atoms with Gasteiger partial charge in [0.15, 0.2) is 5.96 Å². The quantitative estimate of drug-likeness (QED) is 0.421. The van der Waals surface area contributed by atoms with E-state index in [1.165, 1.54) is 16.8 Å². The largest absolute Gasteiger partial charge is 0.352 e. The van der Waals surface area contributed by atoms with Crippen molar-refractivity contribution < 1.29 is 0 Å². The van der Waals surface area contributed by atoms with Crippen LogP contribution in [0.15, 0.2) is 35.3 Å². The van der Waals surface area contributed by atoms with Crippen LogP contribution < -0.4 is 10.6 Å². The monoisotopic (exact) mass is 455 g/mol. The summed E-state index contributed by atoms with van der Waals surface area (Å²) >= 11 is 0. The van der Waals surface area contributed by atoms with E-state index < -0.39 is 0 Å². The summed E-state index contributed by atoms with van der Waals surface area (Å²) in [5.41, 5.74) is 4.71. The number of hydrogen-bond donors (Lipinski definition) is 2. The van der Waals surface area contributed by atoms with Gasteiger partial charge in [-0.25, -0.2) is 0 Å². The smallest absolute Gasteiger partial charge is 0.191 e. The molecule has 1 aromatic carbocycles. The lowest BCUT2D eigenvalue weighted by atomic mass is 10.1. The molecule has 2 rings (SSSR count). The van der Waals surface area contributed by atoms with E-state index in [-0.39, 0.29) is 29.5 Å². The minimum absolute atomic E-state index is 0. The van der Waals surface area contributed by atoms with E-state index in [0.717, 1.165) is 18.2 Å². The predicted molar refractivity (Wildman–Crippen MR) is 116 cm³/mol. The summed E-state index contributed by atoms with van der Waals surface area (Å²) in [5, 5.41) is 11.5. The van der Waals surface area contributed by atoms with Crippen LogP contribution in [0.4, 0.5) is 0 Å². The normalized spacial score (nSPS) is 11.8. The molecule has 0 amide bonds. The SMILES string of the molecule is CN=C(NCc1c(C)nn(Cc2ccccc2)c1C)NC(C)(C)C.I. The minimum Gasteiger partial charge on any atom is -0.352 e. The second-order valence-corrected chi connectivity index (χ2v) is 7.09. The Morgan fingerprint density at radius 3 is 2.36 bits per heavy atom. The van der Waals surface area contributed by atoms with Gasteiger partial charge in [-0.05, 0) is 40.2 Å². The number of nitrogens with one attached hydrogen (secondary N) is 2. The minimum atomic E-state index is -0.0244. The van der Waals surface area contributed by atoms with Crippen LogP contribution in [0.25, 0.3) is 0 Å². The molecule has 6 heteroatoms. The zero-order valence-corrected chi connectivity index (χ0v) is 18.4. The van der Waals surface area contributed by atoms with E-state index in [2.05, 4.69) is 79.2 Å². The predicted octanol–water partition coefficient (Wildman–Crippen LogP) is 3.63. The van der Waals surface area contributed by atoms with Gasteiger partial charge < -0.3 is 10.6 Å². The first-order chi connectivity index (χ1) is 11.3. The summed E-state index contributed by atoms with van der Waals surface area (Å²) in [6, 6.07) is 10.4. The summed E-state index contributed by atoms with van der Waals surface area (Å²) in [5.74, 6) is 0.803. The van der Waals surface area contributed by atoms with Crippen LogP contribution in [0.1, 0.15) is 43.3 Å². The molecule has 0 fully saturated rings. The summed E-state index contributed by atoms with van der Waals surface area (Å²) in [6.45, 7) is 12.0. The van der Waals surface area contributed by atoms with Gasteiger partial charge >= 0.3 is 0 Å². The number of rotatable bonds is 4. The lowest BCUT2D eigenvalue weighted by molar-refractivity contribution is 0.501. The highest BCUT2D eigenvalue weighted by Crippen LogP contribution is 2.14. The number of nitrogens with zero attached hydrogens (tertiary/aromatic N) is 3. The first-order valence-corrected chi connectivity index (χ1v) is 8.36. The molecule has 138 valence electrons. The molecule has 2 N–H and O–H groups in total. The van der Waals surface area contributed by atoms with Crippen molar-refractivity contribution in [3.05, 3.63) is 52.8 Å². The number of halogens is 1. The summed E-state index contributed by atoms with van der Waals surface area (Å²) in [7, 11) is 1.79. The van der Waals surface area contributed by atoms with E-state index in [9.17, 15) is 0 Å². The van der Waals surface area contributed by atoms with Crippen molar-refractivity contribution >= 4 is 29.9 Å². The number of aliphatic imine (C=N–C) groups is 1. The number of aromatic nitrogens is 2. The fraction of sp³-hybridized carbons (Fsp3) is 0.474. The maximum absolute atomic E-state index is 4.70. The van der Waals surface area contributed by atoms with Gasteiger partial charge in [-0.1, -0.05) is 30.3 Å². The van der Waals surface area contributed by atoms with Crippen molar-refractivity contribution in [2.24, 2.45) is 4.99 Å². The van der Waals surface area contributed by atoms with Gasteiger partial charge in [0.25, 0.3) is 0 Å². The molecular weight excluding hydrogens is 425 g/mol. The van der Waals surface area contributed by atoms with E-state index in [4.69, 9.17) is 5.10 Å². The van der Waals surface area contributed by atoms with E-state index >= 15 is 0 Å². The highest BCUT2D eigenvalue weighted by atomic mass is 127. The molecule has 0 aliphatic carbocycles. The van der Waals surface area contributed by atoms with Crippen LogP contribution in [-0.4, -0.2) is 28.3 Å². The first kappa shape index (κ1) is 21.5. The molecule has 1 aromatic heterocycles. The highest BCUT2D eigenvalue weighted by Gasteiger charge is 2.15. The molecule has 0 unspecified atom stereocenters. The van der Waals surface area contributed by atoms with Gasteiger partial charge in [0.1, 0.15) is 0 Å². The Hall–Kier alpha value is -1.57. The molecule has 25 heavy (non-hydrogen) atoms. The van der Waals surface area contributed by atoms with Gasteiger partial charge in [0.2, 0.25) is 0 Å². The molecule has 0 atom stereocenters. The highest BCUT2D eigenvalue weighted by molar-refractivity contribution is 14.0. The molecule has 5 nitrogen and oxygen atoms in total. The van der Waals surface area contributed by atoms with Crippen molar-refractivity contribution in [1.82, 2.24) is 20.4 Å². The standard InChI is InChI=1S/C19H29N5.HI/c1-14-17(12-21-18(20-6)22-19(3,4)5)15(2)24(23-14)13-16-10-8-7-9-11-16;/h7-11H,12-13H2,1-6H3,(H2,20,21,22);1H. The lowest BCUT2D eigenvalue weighted by Crippen LogP contribution is -2.47. The number of hydrogen-bond acceptors (Lipinski definition) is 2. The van der Waals surface area contributed by atoms with Crippen LogP contribution >= 0.6 is 24.0 Å². The lowest BCUT2D eigenvalue weighted by Gasteiger charge is -2.23. The van der Waals surface area contributed by atoms with Crippen molar-refractivity contribution in [3.8, 4) is 0 Å². The van der Waals surface area contributed by atoms with Gasteiger partial charge in [-0.2, -0.15) is 5.10 Å². The molecule has 0 aliphatic heterocycles. The van der Waals surface area contributed by atoms with Crippen LogP contribution in [0.5, 0.6) is 0 Å². The van der Waals surface area contributed by atoms with Crippen molar-refractivity contribution in [2.45, 2.75) is 53.2 Å². The summed E-state index contributed by atoms with van der Waals surface area (Å²) in [6.07, 6.45) is 0. The summed E-state index contributed by atoms with van der Waals surface area (Å²) in [4.78, 5) is 4.29. The Morgan fingerprint density at radius 2 is 1.80 bits per heavy atom. The van der Waals surface area contributed by atoms with Crippen LogP contribution in [-0.2, 0) is 13.1 Å². The second-order valence-electron chi connectivity index (χ2n) is 7.09. The third-order valence-corrected chi connectivity index (χ3v) is 3.86. The Morgan fingerprint density at radius 1 is 1.16 bits per heavy atom. The topological polar surface area (TPSA) is 54.2 Å². The average molecular weight is 455 g/mol. The molecule has 0 saturated carbocycles. The first-order valence-electron chi connectivity index (χ1n) is 8.36.